The van der Waals surface area contributed by atoms with Gasteiger partial charge in [-0.2, -0.15) is 0 Å². The Morgan fingerprint density at radius 1 is 1.04 bits per heavy atom. The van der Waals surface area contributed by atoms with E-state index < -0.39 is 0 Å². The van der Waals surface area contributed by atoms with Gasteiger partial charge in [-0.05, 0) is 22.9 Å². The van der Waals surface area contributed by atoms with E-state index >= 15 is 0 Å². The zero-order valence-corrected chi connectivity index (χ0v) is 14.0. The SMILES string of the molecule is CC(C)(C)c1ncc(NC(=O)c2cc3ccccc3cc2N)cn1. The maximum Gasteiger partial charge on any atom is 0.257 e. The van der Waals surface area contributed by atoms with E-state index in [-0.39, 0.29) is 11.3 Å². The molecular weight excluding hydrogens is 300 g/mol. The van der Waals surface area contributed by atoms with E-state index in [9.17, 15) is 4.79 Å². The topological polar surface area (TPSA) is 80.9 Å². The van der Waals surface area contributed by atoms with Crippen LogP contribution >= 0.6 is 0 Å². The van der Waals surface area contributed by atoms with Crippen LogP contribution in [0.3, 0.4) is 0 Å². The highest BCUT2D eigenvalue weighted by Crippen LogP contribution is 2.23. The second kappa shape index (κ2) is 5.92. The summed E-state index contributed by atoms with van der Waals surface area (Å²) in [6.07, 6.45) is 3.23. The Morgan fingerprint density at radius 3 is 2.21 bits per heavy atom. The van der Waals surface area contributed by atoms with Crippen molar-refractivity contribution < 1.29 is 4.79 Å². The molecule has 0 bridgehead atoms. The number of hydrogen-bond acceptors (Lipinski definition) is 4. The lowest BCUT2D eigenvalue weighted by molar-refractivity contribution is 0.102. The van der Waals surface area contributed by atoms with Crippen LogP contribution in [-0.2, 0) is 5.41 Å². The third kappa shape index (κ3) is 3.20. The Kier molecular flexibility index (Phi) is 3.93. The normalized spacial score (nSPS) is 11.5. The first-order chi connectivity index (χ1) is 11.3. The summed E-state index contributed by atoms with van der Waals surface area (Å²) >= 11 is 0. The molecule has 0 spiro atoms. The van der Waals surface area contributed by atoms with Crippen molar-refractivity contribution >= 4 is 28.1 Å². The van der Waals surface area contributed by atoms with Gasteiger partial charge in [0.25, 0.3) is 5.91 Å². The molecule has 0 saturated heterocycles. The Balaban J connectivity index is 1.86. The van der Waals surface area contributed by atoms with E-state index in [1.54, 1.807) is 18.5 Å². The van der Waals surface area contributed by atoms with Crippen molar-refractivity contribution in [2.45, 2.75) is 26.2 Å². The van der Waals surface area contributed by atoms with Gasteiger partial charge in [0.2, 0.25) is 0 Å². The van der Waals surface area contributed by atoms with Gasteiger partial charge < -0.3 is 11.1 Å². The highest BCUT2D eigenvalue weighted by molar-refractivity contribution is 6.10. The molecule has 0 aliphatic carbocycles. The number of nitrogen functional groups attached to an aromatic ring is 1. The number of aromatic nitrogens is 2. The first-order valence-electron chi connectivity index (χ1n) is 7.77. The van der Waals surface area contributed by atoms with Crippen molar-refractivity contribution in [3.8, 4) is 0 Å². The quantitative estimate of drug-likeness (QED) is 0.704. The number of amides is 1. The number of anilines is 2. The Labute approximate surface area is 140 Å². The van der Waals surface area contributed by atoms with E-state index in [0.29, 0.717) is 16.9 Å². The molecule has 1 amide bonds. The van der Waals surface area contributed by atoms with Crippen LogP contribution in [0.2, 0.25) is 0 Å². The summed E-state index contributed by atoms with van der Waals surface area (Å²) in [4.78, 5) is 21.1. The number of fused-ring (bicyclic) bond motifs is 1. The summed E-state index contributed by atoms with van der Waals surface area (Å²) < 4.78 is 0. The smallest absolute Gasteiger partial charge is 0.257 e. The largest absolute Gasteiger partial charge is 0.398 e. The summed E-state index contributed by atoms with van der Waals surface area (Å²) in [6.45, 7) is 6.11. The molecule has 24 heavy (non-hydrogen) atoms. The number of nitrogens with zero attached hydrogens (tertiary/aromatic N) is 2. The molecule has 1 heterocycles. The van der Waals surface area contributed by atoms with Gasteiger partial charge in [-0.3, -0.25) is 4.79 Å². The lowest BCUT2D eigenvalue weighted by atomic mass is 9.96. The number of carbonyl (C=O) groups excluding carboxylic acids is 1. The van der Waals surface area contributed by atoms with Gasteiger partial charge >= 0.3 is 0 Å². The van der Waals surface area contributed by atoms with Crippen molar-refractivity contribution in [1.29, 1.82) is 0 Å². The molecule has 0 unspecified atom stereocenters. The van der Waals surface area contributed by atoms with Crippen LogP contribution in [0.15, 0.2) is 48.8 Å². The molecule has 0 aliphatic heterocycles. The molecule has 0 atom stereocenters. The maximum absolute atomic E-state index is 12.5. The van der Waals surface area contributed by atoms with Crippen molar-refractivity contribution in [2.75, 3.05) is 11.1 Å². The summed E-state index contributed by atoms with van der Waals surface area (Å²) in [5.74, 6) is 0.455. The highest BCUT2D eigenvalue weighted by Gasteiger charge is 2.17. The summed E-state index contributed by atoms with van der Waals surface area (Å²) in [6, 6.07) is 11.4. The predicted octanol–water partition coefficient (Wildman–Crippen LogP) is 3.76. The lowest BCUT2D eigenvalue weighted by Crippen LogP contribution is -2.18. The van der Waals surface area contributed by atoms with Crippen LogP contribution in [0.1, 0.15) is 37.0 Å². The van der Waals surface area contributed by atoms with Gasteiger partial charge in [0, 0.05) is 11.1 Å². The van der Waals surface area contributed by atoms with E-state index in [4.69, 9.17) is 5.73 Å². The first kappa shape index (κ1) is 15.9. The summed E-state index contributed by atoms with van der Waals surface area (Å²) in [7, 11) is 0. The fourth-order valence-electron chi connectivity index (χ4n) is 2.43. The van der Waals surface area contributed by atoms with Crippen LogP contribution in [-0.4, -0.2) is 15.9 Å². The number of nitrogens with one attached hydrogen (secondary N) is 1. The van der Waals surface area contributed by atoms with Crippen LogP contribution in [0.4, 0.5) is 11.4 Å². The number of hydrogen-bond donors (Lipinski definition) is 2. The van der Waals surface area contributed by atoms with Crippen molar-refractivity contribution in [2.24, 2.45) is 0 Å². The fraction of sp³-hybridized carbons (Fsp3) is 0.211. The molecular formula is C19H20N4O. The molecule has 1 aromatic heterocycles. The monoisotopic (exact) mass is 320 g/mol. The molecule has 2 aromatic carbocycles. The molecule has 5 nitrogen and oxygen atoms in total. The summed E-state index contributed by atoms with van der Waals surface area (Å²) in [5, 5.41) is 4.77. The second-order valence-corrected chi connectivity index (χ2v) is 6.79. The standard InChI is InChI=1S/C19H20N4O/c1-19(2,3)18-21-10-14(11-22-18)23-17(24)15-8-12-6-4-5-7-13(12)9-16(15)20/h4-11H,20H2,1-3H3,(H,23,24). The molecule has 3 N–H and O–H groups in total. The minimum absolute atomic E-state index is 0.134. The highest BCUT2D eigenvalue weighted by atomic mass is 16.1. The van der Waals surface area contributed by atoms with E-state index in [2.05, 4.69) is 15.3 Å². The number of carbonyl (C=O) groups is 1. The molecule has 122 valence electrons. The third-order valence-electron chi connectivity index (χ3n) is 3.74. The zero-order valence-electron chi connectivity index (χ0n) is 14.0. The lowest BCUT2D eigenvalue weighted by Gasteiger charge is -2.16. The van der Waals surface area contributed by atoms with E-state index in [1.807, 2.05) is 51.1 Å². The van der Waals surface area contributed by atoms with Crippen LogP contribution in [0.5, 0.6) is 0 Å². The van der Waals surface area contributed by atoms with Gasteiger partial charge in [-0.1, -0.05) is 45.0 Å². The van der Waals surface area contributed by atoms with Crippen LogP contribution in [0.25, 0.3) is 10.8 Å². The average Bonchev–Trinajstić information content (AvgIpc) is 2.53. The molecule has 0 saturated carbocycles. The predicted molar refractivity (Wildman–Crippen MR) is 97.0 cm³/mol. The molecule has 0 radical (unpaired) electrons. The fourth-order valence-corrected chi connectivity index (χ4v) is 2.43. The van der Waals surface area contributed by atoms with Gasteiger partial charge in [-0.25, -0.2) is 9.97 Å². The van der Waals surface area contributed by atoms with Gasteiger partial charge in [0.1, 0.15) is 5.82 Å². The van der Waals surface area contributed by atoms with Gasteiger partial charge in [0.05, 0.1) is 23.6 Å². The maximum atomic E-state index is 12.5. The summed E-state index contributed by atoms with van der Waals surface area (Å²) in [5.41, 5.74) is 7.32. The molecule has 0 aliphatic rings. The average molecular weight is 320 g/mol. The zero-order chi connectivity index (χ0) is 17.3. The first-order valence-corrected chi connectivity index (χ1v) is 7.77. The van der Waals surface area contributed by atoms with Crippen molar-refractivity contribution in [3.05, 3.63) is 60.2 Å². The van der Waals surface area contributed by atoms with Crippen molar-refractivity contribution in [1.82, 2.24) is 9.97 Å². The third-order valence-corrected chi connectivity index (χ3v) is 3.74. The molecule has 3 rings (SSSR count). The number of benzene rings is 2. The second-order valence-electron chi connectivity index (χ2n) is 6.79. The van der Waals surface area contributed by atoms with E-state index in [1.165, 1.54) is 0 Å². The van der Waals surface area contributed by atoms with Crippen LogP contribution < -0.4 is 11.1 Å². The molecule has 5 heteroatoms. The van der Waals surface area contributed by atoms with Crippen molar-refractivity contribution in [3.63, 3.8) is 0 Å². The number of nitrogens with two attached hydrogens (primary N) is 1. The van der Waals surface area contributed by atoms with Crippen LogP contribution in [0, 0.1) is 0 Å². The van der Waals surface area contributed by atoms with E-state index in [0.717, 1.165) is 16.6 Å². The Hall–Kier alpha value is -2.95. The Bertz CT molecular complexity index is 895. The Morgan fingerprint density at radius 2 is 1.62 bits per heavy atom. The van der Waals surface area contributed by atoms with Gasteiger partial charge in [-0.15, -0.1) is 0 Å². The molecule has 3 aromatic rings. The number of rotatable bonds is 2. The minimum Gasteiger partial charge on any atom is -0.398 e. The molecule has 0 fully saturated rings. The minimum atomic E-state index is -0.273. The van der Waals surface area contributed by atoms with Gasteiger partial charge in [0.15, 0.2) is 0 Å².